The smallest absolute Gasteiger partial charge is 0.431 e. The number of carbonyl (C=O) groups excluding carboxylic acids is 1. The van der Waals surface area contributed by atoms with E-state index < -0.39 is 23.1 Å². The van der Waals surface area contributed by atoms with E-state index >= 15 is 0 Å². The summed E-state index contributed by atoms with van der Waals surface area (Å²) in [5, 5.41) is 0. The molecule has 2 aromatic carbocycles. The molecule has 0 amide bonds. The fourth-order valence-corrected chi connectivity index (χ4v) is 3.06. The van der Waals surface area contributed by atoms with Crippen molar-refractivity contribution < 1.29 is 27.4 Å². The topological polar surface area (TPSA) is 79.5 Å². The van der Waals surface area contributed by atoms with Gasteiger partial charge in [-0.15, -0.1) is 0 Å². The Morgan fingerprint density at radius 2 is 1.70 bits per heavy atom. The van der Waals surface area contributed by atoms with Crippen molar-refractivity contribution in [2.45, 2.75) is 20.0 Å². The molecule has 0 aliphatic carbocycles. The Morgan fingerprint density at radius 1 is 1.03 bits per heavy atom. The minimum Gasteiger partial charge on any atom is -0.486 e. The average molecular weight is 529 g/mol. The zero-order chi connectivity index (χ0) is 24.8. The van der Waals surface area contributed by atoms with Crippen molar-refractivity contribution in [1.82, 2.24) is 9.13 Å². The highest BCUT2D eigenvalue weighted by Crippen LogP contribution is 2.33. The number of rotatable bonds is 6. The third-order valence-electron chi connectivity index (χ3n) is 4.13. The zero-order valence-electron chi connectivity index (χ0n) is 17.9. The highest BCUT2D eigenvalue weighted by Gasteiger charge is 2.35. The molecule has 0 bridgehead atoms. The molecule has 0 aliphatic heterocycles. The van der Waals surface area contributed by atoms with Gasteiger partial charge in [-0.05, 0) is 40.2 Å². The van der Waals surface area contributed by atoms with Crippen molar-refractivity contribution in [2.75, 3.05) is 6.61 Å². The molecule has 3 rings (SSSR count). The van der Waals surface area contributed by atoms with Crippen LogP contribution >= 0.6 is 15.9 Å². The fraction of sp³-hybridized carbons (Fsp3) is 0.227. The summed E-state index contributed by atoms with van der Waals surface area (Å²) in [5.41, 5.74) is -3.62. The Kier molecular flexibility index (Phi) is 8.63. The van der Waals surface area contributed by atoms with Crippen LogP contribution in [0, 0.1) is 0 Å². The van der Waals surface area contributed by atoms with Gasteiger partial charge in [0.2, 0.25) is 0 Å². The second-order valence-corrected chi connectivity index (χ2v) is 7.07. The van der Waals surface area contributed by atoms with Gasteiger partial charge in [-0.2, -0.15) is 13.2 Å². The lowest BCUT2D eigenvalue weighted by Gasteiger charge is -2.15. The van der Waals surface area contributed by atoms with Crippen molar-refractivity contribution >= 4 is 22.2 Å². The van der Waals surface area contributed by atoms with Gasteiger partial charge in [0, 0.05) is 25.2 Å². The molecule has 0 saturated heterocycles. The van der Waals surface area contributed by atoms with E-state index in [1.165, 1.54) is 24.3 Å². The van der Waals surface area contributed by atoms with Crippen LogP contribution in [-0.4, -0.2) is 22.0 Å². The van der Waals surface area contributed by atoms with Gasteiger partial charge >= 0.3 is 11.9 Å². The zero-order valence-corrected chi connectivity index (χ0v) is 19.4. The number of hydrogen-bond acceptors (Lipinski definition) is 5. The van der Waals surface area contributed by atoms with Gasteiger partial charge in [0.15, 0.2) is 6.29 Å². The van der Waals surface area contributed by atoms with E-state index in [1.807, 2.05) is 13.8 Å². The lowest BCUT2D eigenvalue weighted by atomic mass is 10.2. The van der Waals surface area contributed by atoms with E-state index in [0.717, 1.165) is 7.05 Å². The third kappa shape index (κ3) is 6.13. The SMILES string of the molecule is CC.Cn1c(C(F)(F)F)cc(=O)n(-c2ccc(Br)c(Oc3cccc(OCC=O)c3)c2)c1=O. The van der Waals surface area contributed by atoms with E-state index in [1.54, 1.807) is 18.2 Å². The Labute approximate surface area is 195 Å². The molecular weight excluding hydrogens is 509 g/mol. The van der Waals surface area contributed by atoms with E-state index in [2.05, 4.69) is 15.9 Å². The number of benzene rings is 2. The number of hydrogen-bond donors (Lipinski definition) is 0. The standard InChI is InChI=1S/C20H14BrF3N2O5.C2H6/c1-25-17(20(22,23)24)11-18(28)26(19(25)29)12-5-6-15(21)16(9-12)31-14-4-2-3-13(10-14)30-8-7-27;1-2/h2-7,9-11H,8H2,1H3;1-2H3. The van der Waals surface area contributed by atoms with Gasteiger partial charge in [0.05, 0.1) is 10.2 Å². The van der Waals surface area contributed by atoms with Gasteiger partial charge in [-0.1, -0.05) is 19.9 Å². The molecule has 7 nitrogen and oxygen atoms in total. The molecule has 0 saturated carbocycles. The predicted octanol–water partition coefficient (Wildman–Crippen LogP) is 4.71. The molecule has 0 aliphatic rings. The van der Waals surface area contributed by atoms with Gasteiger partial charge in [0.1, 0.15) is 29.5 Å². The molecule has 0 N–H and O–H groups in total. The number of halogens is 4. The Hall–Kier alpha value is -3.34. The number of aldehydes is 1. The molecule has 3 aromatic rings. The summed E-state index contributed by atoms with van der Waals surface area (Å²) in [6.45, 7) is 3.86. The van der Waals surface area contributed by atoms with Crippen molar-refractivity contribution in [2.24, 2.45) is 7.05 Å². The normalized spacial score (nSPS) is 10.8. The number of nitrogens with zero attached hydrogens (tertiary/aromatic N) is 2. The first-order chi connectivity index (χ1) is 15.6. The molecule has 1 aromatic heterocycles. The van der Waals surface area contributed by atoms with Gasteiger partial charge < -0.3 is 9.47 Å². The summed E-state index contributed by atoms with van der Waals surface area (Å²) in [5.74, 6) is 0.900. The van der Waals surface area contributed by atoms with E-state index in [0.29, 0.717) is 37.5 Å². The number of alkyl halides is 3. The first-order valence-corrected chi connectivity index (χ1v) is 10.5. The number of carbonyl (C=O) groups is 1. The average Bonchev–Trinajstić information content (AvgIpc) is 2.78. The molecule has 0 atom stereocenters. The predicted molar refractivity (Wildman–Crippen MR) is 119 cm³/mol. The molecule has 1 heterocycles. The molecular formula is C22H20BrF3N2O5. The molecule has 0 radical (unpaired) electrons. The van der Waals surface area contributed by atoms with Crippen LogP contribution in [0.3, 0.4) is 0 Å². The van der Waals surface area contributed by atoms with Crippen LogP contribution in [0.4, 0.5) is 13.2 Å². The second kappa shape index (κ2) is 11.0. The molecule has 33 heavy (non-hydrogen) atoms. The van der Waals surface area contributed by atoms with E-state index in [-0.39, 0.29) is 18.0 Å². The maximum absolute atomic E-state index is 13.0. The van der Waals surface area contributed by atoms with Crippen molar-refractivity contribution in [1.29, 1.82) is 0 Å². The van der Waals surface area contributed by atoms with Crippen LogP contribution in [0.2, 0.25) is 0 Å². The summed E-state index contributed by atoms with van der Waals surface area (Å²) < 4.78 is 51.5. The lowest BCUT2D eigenvalue weighted by molar-refractivity contribution is -0.144. The summed E-state index contributed by atoms with van der Waals surface area (Å²) in [6, 6.07) is 10.9. The van der Waals surface area contributed by atoms with E-state index in [9.17, 15) is 27.6 Å². The van der Waals surface area contributed by atoms with Crippen molar-refractivity contribution in [3.63, 3.8) is 0 Å². The Balaban J connectivity index is 0.00000187. The molecule has 176 valence electrons. The van der Waals surface area contributed by atoms with Crippen LogP contribution in [0.25, 0.3) is 5.69 Å². The first-order valence-electron chi connectivity index (χ1n) is 9.66. The monoisotopic (exact) mass is 528 g/mol. The number of aromatic nitrogens is 2. The maximum atomic E-state index is 13.0. The lowest BCUT2D eigenvalue weighted by Crippen LogP contribution is -2.40. The first kappa shape index (κ1) is 25.9. The van der Waals surface area contributed by atoms with Crippen molar-refractivity contribution in [3.8, 4) is 22.9 Å². The fourth-order valence-electron chi connectivity index (χ4n) is 2.73. The third-order valence-corrected chi connectivity index (χ3v) is 4.79. The largest absolute Gasteiger partial charge is 0.486 e. The quantitative estimate of drug-likeness (QED) is 0.433. The minimum absolute atomic E-state index is 0.0193. The second-order valence-electron chi connectivity index (χ2n) is 6.21. The van der Waals surface area contributed by atoms with Gasteiger partial charge in [0.25, 0.3) is 5.56 Å². The molecule has 11 heteroatoms. The van der Waals surface area contributed by atoms with Crippen LogP contribution in [0.5, 0.6) is 17.2 Å². The van der Waals surface area contributed by atoms with Crippen LogP contribution in [-0.2, 0) is 18.0 Å². The van der Waals surface area contributed by atoms with E-state index in [4.69, 9.17) is 9.47 Å². The van der Waals surface area contributed by atoms with Crippen LogP contribution < -0.4 is 20.7 Å². The summed E-state index contributed by atoms with van der Waals surface area (Å²) in [6.07, 6.45) is -4.26. The highest BCUT2D eigenvalue weighted by molar-refractivity contribution is 9.10. The molecule has 0 unspecified atom stereocenters. The van der Waals surface area contributed by atoms with Crippen LogP contribution in [0.1, 0.15) is 19.5 Å². The highest BCUT2D eigenvalue weighted by atomic mass is 79.9. The summed E-state index contributed by atoms with van der Waals surface area (Å²) in [4.78, 5) is 35.2. The summed E-state index contributed by atoms with van der Waals surface area (Å²) in [7, 11) is 0.933. The molecule has 0 spiro atoms. The maximum Gasteiger partial charge on any atom is 0.431 e. The summed E-state index contributed by atoms with van der Waals surface area (Å²) >= 11 is 3.29. The van der Waals surface area contributed by atoms with Gasteiger partial charge in [-0.25, -0.2) is 9.36 Å². The number of ether oxygens (including phenoxy) is 2. The van der Waals surface area contributed by atoms with Gasteiger partial charge in [-0.3, -0.25) is 14.2 Å². The van der Waals surface area contributed by atoms with Crippen LogP contribution in [0.15, 0.2) is 62.6 Å². The Bertz CT molecular complexity index is 1250. The van der Waals surface area contributed by atoms with Crippen molar-refractivity contribution in [3.05, 3.63) is 79.5 Å². The molecule has 0 fully saturated rings. The minimum atomic E-state index is -4.85. The Morgan fingerprint density at radius 3 is 2.33 bits per heavy atom.